The summed E-state index contributed by atoms with van der Waals surface area (Å²) >= 11 is 0. The fourth-order valence-corrected chi connectivity index (χ4v) is 10.1. The van der Waals surface area contributed by atoms with Crippen LogP contribution in [-0.4, -0.2) is 47.4 Å². The molecule has 0 spiro atoms. The van der Waals surface area contributed by atoms with E-state index in [-0.39, 0.29) is 18.5 Å². The number of esters is 1. The van der Waals surface area contributed by atoms with Crippen LogP contribution in [0, 0.1) is 0 Å². The van der Waals surface area contributed by atoms with Gasteiger partial charge in [0.2, 0.25) is 5.91 Å². The molecule has 0 bridgehead atoms. The maximum Gasteiger partial charge on any atom is 0.305 e. The number of rotatable bonds is 61. The molecular formula is C67H127NO5. The van der Waals surface area contributed by atoms with Gasteiger partial charge in [0.15, 0.2) is 0 Å². The summed E-state index contributed by atoms with van der Waals surface area (Å²) in [6.45, 7) is 4.93. The lowest BCUT2D eigenvalue weighted by Gasteiger charge is -2.22. The van der Waals surface area contributed by atoms with Crippen LogP contribution in [-0.2, 0) is 14.3 Å². The van der Waals surface area contributed by atoms with Crippen LogP contribution >= 0.6 is 0 Å². The average molecular weight is 1030 g/mol. The number of carbonyl (C=O) groups is 2. The number of unbranched alkanes of at least 4 members (excludes halogenated alkanes) is 44. The summed E-state index contributed by atoms with van der Waals surface area (Å²) in [5, 5.41) is 23.4. The fraction of sp³-hybridized carbons (Fsp3) is 0.881. The van der Waals surface area contributed by atoms with Gasteiger partial charge >= 0.3 is 5.97 Å². The first-order chi connectivity index (χ1) is 36.0. The van der Waals surface area contributed by atoms with Crippen LogP contribution in [0.4, 0.5) is 0 Å². The number of ether oxygens (including phenoxy) is 1. The van der Waals surface area contributed by atoms with Crippen molar-refractivity contribution in [3.05, 3.63) is 36.5 Å². The summed E-state index contributed by atoms with van der Waals surface area (Å²) in [7, 11) is 0. The Morgan fingerprint density at radius 1 is 0.384 bits per heavy atom. The van der Waals surface area contributed by atoms with Gasteiger partial charge in [-0.1, -0.05) is 294 Å². The quantitative estimate of drug-likeness (QED) is 0.0320. The zero-order valence-electron chi connectivity index (χ0n) is 49.1. The van der Waals surface area contributed by atoms with Gasteiger partial charge in [-0.25, -0.2) is 0 Å². The first-order valence-corrected chi connectivity index (χ1v) is 32.7. The lowest BCUT2D eigenvalue weighted by atomic mass is 10.0. The number of aliphatic hydroxyl groups is 2. The number of aliphatic hydroxyl groups excluding tert-OH is 2. The Labute approximate surface area is 455 Å². The van der Waals surface area contributed by atoms with Crippen LogP contribution in [0.3, 0.4) is 0 Å². The minimum atomic E-state index is -0.674. The normalized spacial score (nSPS) is 12.8. The van der Waals surface area contributed by atoms with Crippen LogP contribution < -0.4 is 5.32 Å². The Bertz CT molecular complexity index is 1180. The molecule has 6 heteroatoms. The zero-order valence-corrected chi connectivity index (χ0v) is 49.1. The summed E-state index contributed by atoms with van der Waals surface area (Å²) in [6, 6.07) is -0.553. The Morgan fingerprint density at radius 2 is 0.685 bits per heavy atom. The molecule has 0 fully saturated rings. The molecular weight excluding hydrogens is 899 g/mol. The fourth-order valence-electron chi connectivity index (χ4n) is 10.1. The highest BCUT2D eigenvalue weighted by molar-refractivity contribution is 5.76. The molecule has 6 nitrogen and oxygen atoms in total. The number of carbonyl (C=O) groups excluding carboxylic acids is 2. The standard InChI is InChI=1S/C67H127NO5/c1-3-5-7-9-11-13-15-17-19-21-22-23-24-25-26-28-31-35-39-43-47-51-55-59-65(70)64(63-69)68-66(71)60-56-52-48-44-40-36-32-29-27-30-34-38-42-46-50-54-58-62-73-67(72)61-57-53-49-45-41-37-33-20-18-16-14-12-10-8-6-4-2/h14,16,20,27,30,33,64-65,69-70H,3-13,15,17-19,21-26,28-29,31-32,34-63H2,1-2H3,(H,68,71)/b16-14-,30-27-,33-20-. The predicted octanol–water partition coefficient (Wildman–Crippen LogP) is 20.8. The van der Waals surface area contributed by atoms with Gasteiger partial charge in [-0.2, -0.15) is 0 Å². The maximum absolute atomic E-state index is 12.5. The zero-order chi connectivity index (χ0) is 52.9. The lowest BCUT2D eigenvalue weighted by Crippen LogP contribution is -2.45. The van der Waals surface area contributed by atoms with Gasteiger partial charge in [-0.15, -0.1) is 0 Å². The minimum Gasteiger partial charge on any atom is -0.466 e. The predicted molar refractivity (Wildman–Crippen MR) is 319 cm³/mol. The van der Waals surface area contributed by atoms with Crippen molar-refractivity contribution in [3.63, 3.8) is 0 Å². The van der Waals surface area contributed by atoms with Gasteiger partial charge in [0, 0.05) is 12.8 Å². The van der Waals surface area contributed by atoms with Crippen LogP contribution in [0.1, 0.15) is 354 Å². The largest absolute Gasteiger partial charge is 0.466 e. The van der Waals surface area contributed by atoms with Gasteiger partial charge in [0.1, 0.15) is 0 Å². The maximum atomic E-state index is 12.5. The molecule has 0 aromatic heterocycles. The molecule has 430 valence electrons. The summed E-state index contributed by atoms with van der Waals surface area (Å²) in [6.07, 6.45) is 78.7. The van der Waals surface area contributed by atoms with E-state index in [4.69, 9.17) is 4.74 Å². The van der Waals surface area contributed by atoms with E-state index in [0.29, 0.717) is 25.9 Å². The van der Waals surface area contributed by atoms with Crippen molar-refractivity contribution in [3.8, 4) is 0 Å². The Kier molecular flexibility index (Phi) is 61.0. The smallest absolute Gasteiger partial charge is 0.305 e. The van der Waals surface area contributed by atoms with Crippen molar-refractivity contribution in [2.45, 2.75) is 366 Å². The van der Waals surface area contributed by atoms with Gasteiger partial charge < -0.3 is 20.3 Å². The van der Waals surface area contributed by atoms with E-state index < -0.39 is 12.1 Å². The van der Waals surface area contributed by atoms with Crippen molar-refractivity contribution in [1.82, 2.24) is 5.32 Å². The third kappa shape index (κ3) is 59.2. The highest BCUT2D eigenvalue weighted by Gasteiger charge is 2.20. The second-order valence-electron chi connectivity index (χ2n) is 22.4. The Morgan fingerprint density at radius 3 is 1.07 bits per heavy atom. The molecule has 0 saturated carbocycles. The molecule has 2 atom stereocenters. The summed E-state index contributed by atoms with van der Waals surface area (Å²) in [5.74, 6) is -0.0588. The SMILES string of the molecule is CCCCCC/C=C\C/C=C\CCCCCCCC(=O)OCCCCCCCC/C=C\CCCCCCCCCC(=O)NC(CO)C(O)CCCCCCCCCCCCCCCCCCCCCCCCC. The Hall–Kier alpha value is -1.92. The highest BCUT2D eigenvalue weighted by Crippen LogP contribution is 2.18. The average Bonchev–Trinajstić information content (AvgIpc) is 3.39. The molecule has 2 unspecified atom stereocenters. The van der Waals surface area contributed by atoms with E-state index in [2.05, 4.69) is 55.6 Å². The van der Waals surface area contributed by atoms with Gasteiger partial charge in [-0.3, -0.25) is 9.59 Å². The topological polar surface area (TPSA) is 95.9 Å². The molecule has 3 N–H and O–H groups in total. The van der Waals surface area contributed by atoms with E-state index in [1.165, 1.54) is 257 Å². The van der Waals surface area contributed by atoms with Crippen LogP contribution in [0.15, 0.2) is 36.5 Å². The number of allylic oxidation sites excluding steroid dienone is 6. The monoisotopic (exact) mass is 1030 g/mol. The molecule has 0 aliphatic rings. The molecule has 0 aliphatic heterocycles. The molecule has 0 saturated heterocycles. The van der Waals surface area contributed by atoms with Crippen molar-refractivity contribution < 1.29 is 24.5 Å². The third-order valence-electron chi connectivity index (χ3n) is 15.2. The van der Waals surface area contributed by atoms with Gasteiger partial charge in [0.25, 0.3) is 0 Å². The van der Waals surface area contributed by atoms with Gasteiger partial charge in [0.05, 0.1) is 25.4 Å². The van der Waals surface area contributed by atoms with E-state index in [1.807, 2.05) is 0 Å². The number of hydrogen-bond donors (Lipinski definition) is 3. The first-order valence-electron chi connectivity index (χ1n) is 32.7. The second kappa shape index (κ2) is 62.6. The Balaban J connectivity index is 3.46. The summed E-state index contributed by atoms with van der Waals surface area (Å²) in [5.41, 5.74) is 0. The number of amides is 1. The highest BCUT2D eigenvalue weighted by atomic mass is 16.5. The number of nitrogens with one attached hydrogen (secondary N) is 1. The summed E-state index contributed by atoms with van der Waals surface area (Å²) in [4.78, 5) is 24.6. The van der Waals surface area contributed by atoms with Crippen LogP contribution in [0.2, 0.25) is 0 Å². The van der Waals surface area contributed by atoms with Crippen LogP contribution in [0.25, 0.3) is 0 Å². The van der Waals surface area contributed by atoms with Crippen molar-refractivity contribution in [2.24, 2.45) is 0 Å². The molecule has 0 heterocycles. The second-order valence-corrected chi connectivity index (χ2v) is 22.4. The molecule has 1 amide bonds. The number of hydrogen-bond acceptors (Lipinski definition) is 5. The van der Waals surface area contributed by atoms with E-state index >= 15 is 0 Å². The molecule has 0 rings (SSSR count). The van der Waals surface area contributed by atoms with Crippen molar-refractivity contribution in [2.75, 3.05) is 13.2 Å². The van der Waals surface area contributed by atoms with Gasteiger partial charge in [-0.05, 0) is 83.5 Å². The lowest BCUT2D eigenvalue weighted by molar-refractivity contribution is -0.143. The molecule has 73 heavy (non-hydrogen) atoms. The summed E-state index contributed by atoms with van der Waals surface area (Å²) < 4.78 is 5.47. The first kappa shape index (κ1) is 71.1. The molecule has 0 aromatic rings. The van der Waals surface area contributed by atoms with Crippen molar-refractivity contribution in [1.29, 1.82) is 0 Å². The van der Waals surface area contributed by atoms with E-state index in [0.717, 1.165) is 64.2 Å². The minimum absolute atomic E-state index is 0.0146. The van der Waals surface area contributed by atoms with E-state index in [9.17, 15) is 19.8 Å². The third-order valence-corrected chi connectivity index (χ3v) is 15.2. The molecule has 0 radical (unpaired) electrons. The molecule has 0 aromatic carbocycles. The van der Waals surface area contributed by atoms with E-state index in [1.54, 1.807) is 0 Å². The molecule has 0 aliphatic carbocycles. The van der Waals surface area contributed by atoms with Crippen LogP contribution in [0.5, 0.6) is 0 Å². The van der Waals surface area contributed by atoms with Crippen molar-refractivity contribution >= 4 is 11.9 Å².